The van der Waals surface area contributed by atoms with E-state index in [2.05, 4.69) is 15.3 Å². The van der Waals surface area contributed by atoms with Crippen LogP contribution in [0.5, 0.6) is 0 Å². The molecular weight excluding hydrogens is 269 g/mol. The van der Waals surface area contributed by atoms with Gasteiger partial charge >= 0.3 is 0 Å². The fourth-order valence-corrected chi connectivity index (χ4v) is 2.11. The Hall–Kier alpha value is -1.85. The second-order valence-corrected chi connectivity index (χ2v) is 4.95. The van der Waals surface area contributed by atoms with Crippen molar-refractivity contribution in [2.75, 3.05) is 20.3 Å². The molecule has 0 spiro atoms. The van der Waals surface area contributed by atoms with Crippen LogP contribution >= 0.6 is 0 Å². The van der Waals surface area contributed by atoms with Gasteiger partial charge in [-0.05, 0) is 43.7 Å². The van der Waals surface area contributed by atoms with Crippen molar-refractivity contribution in [2.45, 2.75) is 20.4 Å². The summed E-state index contributed by atoms with van der Waals surface area (Å²) in [6, 6.07) is 6.60. The van der Waals surface area contributed by atoms with Crippen LogP contribution in [0.25, 0.3) is 11.4 Å². The van der Waals surface area contributed by atoms with Crippen molar-refractivity contribution in [1.29, 1.82) is 0 Å². The third-order valence-electron chi connectivity index (χ3n) is 3.13. The molecule has 1 aromatic heterocycles. The van der Waals surface area contributed by atoms with E-state index in [0.29, 0.717) is 19.0 Å². The van der Waals surface area contributed by atoms with Gasteiger partial charge in [0, 0.05) is 31.5 Å². The zero-order valence-corrected chi connectivity index (χ0v) is 12.6. The van der Waals surface area contributed by atoms with E-state index in [1.54, 1.807) is 13.2 Å². The standard InChI is InChI=1S/C16H20FN3O/c1-11-8-13(17)4-5-15(11)16-19-12(2)9-14(20-16)10-18-6-7-21-3/h4-5,8-9,18H,6-7,10H2,1-3H3. The van der Waals surface area contributed by atoms with Crippen LogP contribution in [0.15, 0.2) is 24.3 Å². The molecule has 0 aliphatic heterocycles. The quantitative estimate of drug-likeness (QED) is 0.831. The second-order valence-electron chi connectivity index (χ2n) is 4.95. The van der Waals surface area contributed by atoms with Gasteiger partial charge in [0.25, 0.3) is 0 Å². The molecule has 5 heteroatoms. The zero-order valence-electron chi connectivity index (χ0n) is 12.6. The van der Waals surface area contributed by atoms with Crippen molar-refractivity contribution in [3.63, 3.8) is 0 Å². The van der Waals surface area contributed by atoms with Gasteiger partial charge in [-0.3, -0.25) is 0 Å². The molecule has 0 amide bonds. The van der Waals surface area contributed by atoms with Crippen LogP contribution in [-0.2, 0) is 11.3 Å². The highest BCUT2D eigenvalue weighted by molar-refractivity contribution is 5.60. The summed E-state index contributed by atoms with van der Waals surface area (Å²) in [7, 11) is 1.67. The average molecular weight is 289 g/mol. The van der Waals surface area contributed by atoms with E-state index in [4.69, 9.17) is 4.74 Å². The summed E-state index contributed by atoms with van der Waals surface area (Å²) in [5, 5.41) is 3.26. The molecule has 0 aliphatic rings. The average Bonchev–Trinajstić information content (AvgIpc) is 2.43. The highest BCUT2D eigenvalue weighted by Crippen LogP contribution is 2.21. The van der Waals surface area contributed by atoms with Gasteiger partial charge in [0.15, 0.2) is 5.82 Å². The lowest BCUT2D eigenvalue weighted by atomic mass is 10.1. The number of halogens is 1. The smallest absolute Gasteiger partial charge is 0.159 e. The molecule has 0 atom stereocenters. The molecule has 0 bridgehead atoms. The van der Waals surface area contributed by atoms with E-state index in [1.807, 2.05) is 19.9 Å². The van der Waals surface area contributed by atoms with Gasteiger partial charge in [-0.1, -0.05) is 0 Å². The fraction of sp³-hybridized carbons (Fsp3) is 0.375. The Morgan fingerprint density at radius 1 is 1.19 bits per heavy atom. The first-order valence-electron chi connectivity index (χ1n) is 6.91. The van der Waals surface area contributed by atoms with Crippen LogP contribution in [0.1, 0.15) is 17.0 Å². The van der Waals surface area contributed by atoms with Gasteiger partial charge in [-0.2, -0.15) is 0 Å². The normalized spacial score (nSPS) is 10.9. The Balaban J connectivity index is 2.22. The predicted octanol–water partition coefficient (Wildman–Crippen LogP) is 2.64. The van der Waals surface area contributed by atoms with Gasteiger partial charge < -0.3 is 10.1 Å². The van der Waals surface area contributed by atoms with Gasteiger partial charge in [0.1, 0.15) is 5.82 Å². The second kappa shape index (κ2) is 7.24. The molecule has 1 heterocycles. The van der Waals surface area contributed by atoms with E-state index >= 15 is 0 Å². The minimum Gasteiger partial charge on any atom is -0.383 e. The number of aromatic nitrogens is 2. The Kier molecular flexibility index (Phi) is 5.36. The number of benzene rings is 1. The molecule has 0 fully saturated rings. The largest absolute Gasteiger partial charge is 0.383 e. The van der Waals surface area contributed by atoms with Crippen molar-refractivity contribution >= 4 is 0 Å². The first-order valence-corrected chi connectivity index (χ1v) is 6.91. The Morgan fingerprint density at radius 2 is 2.00 bits per heavy atom. The first-order chi connectivity index (χ1) is 10.1. The number of ether oxygens (including phenoxy) is 1. The lowest BCUT2D eigenvalue weighted by molar-refractivity contribution is 0.199. The number of aryl methyl sites for hydroxylation is 2. The number of rotatable bonds is 6. The molecule has 0 aliphatic carbocycles. The van der Waals surface area contributed by atoms with Gasteiger partial charge in [-0.15, -0.1) is 0 Å². The molecular formula is C16H20FN3O. The summed E-state index contributed by atoms with van der Waals surface area (Å²) in [6.45, 7) is 5.88. The number of hydrogen-bond donors (Lipinski definition) is 1. The summed E-state index contributed by atoms with van der Waals surface area (Å²) < 4.78 is 18.2. The van der Waals surface area contributed by atoms with Crippen LogP contribution in [0, 0.1) is 19.7 Å². The Labute approximate surface area is 124 Å². The third-order valence-corrected chi connectivity index (χ3v) is 3.13. The lowest BCUT2D eigenvalue weighted by Crippen LogP contribution is -2.19. The van der Waals surface area contributed by atoms with Gasteiger partial charge in [-0.25, -0.2) is 14.4 Å². The lowest BCUT2D eigenvalue weighted by Gasteiger charge is -2.09. The van der Waals surface area contributed by atoms with E-state index in [1.165, 1.54) is 12.1 Å². The predicted molar refractivity (Wildman–Crippen MR) is 80.5 cm³/mol. The molecule has 1 aromatic carbocycles. The maximum absolute atomic E-state index is 13.2. The monoisotopic (exact) mass is 289 g/mol. The molecule has 0 saturated heterocycles. The number of nitrogens with one attached hydrogen (secondary N) is 1. The molecule has 1 N–H and O–H groups in total. The van der Waals surface area contributed by atoms with Crippen molar-refractivity contribution in [3.8, 4) is 11.4 Å². The summed E-state index contributed by atoms with van der Waals surface area (Å²) in [5.74, 6) is 0.390. The number of methoxy groups -OCH3 is 1. The van der Waals surface area contributed by atoms with E-state index in [9.17, 15) is 4.39 Å². The summed E-state index contributed by atoms with van der Waals surface area (Å²) in [4.78, 5) is 9.01. The van der Waals surface area contributed by atoms with Crippen LogP contribution in [0.2, 0.25) is 0 Å². The van der Waals surface area contributed by atoms with Crippen molar-refractivity contribution < 1.29 is 9.13 Å². The fourth-order valence-electron chi connectivity index (χ4n) is 2.11. The van der Waals surface area contributed by atoms with Crippen LogP contribution in [-0.4, -0.2) is 30.2 Å². The van der Waals surface area contributed by atoms with Crippen molar-refractivity contribution in [3.05, 3.63) is 47.0 Å². The van der Waals surface area contributed by atoms with Gasteiger partial charge in [0.2, 0.25) is 0 Å². The maximum atomic E-state index is 13.2. The van der Waals surface area contributed by atoms with Crippen molar-refractivity contribution in [1.82, 2.24) is 15.3 Å². The third kappa shape index (κ3) is 4.31. The van der Waals surface area contributed by atoms with Gasteiger partial charge in [0.05, 0.1) is 12.3 Å². The van der Waals surface area contributed by atoms with Crippen LogP contribution < -0.4 is 5.32 Å². The molecule has 21 heavy (non-hydrogen) atoms. The topological polar surface area (TPSA) is 47.0 Å². The summed E-state index contributed by atoms with van der Waals surface area (Å²) in [5.41, 5.74) is 3.50. The molecule has 0 unspecified atom stereocenters. The zero-order chi connectivity index (χ0) is 15.2. The molecule has 2 rings (SSSR count). The maximum Gasteiger partial charge on any atom is 0.159 e. The molecule has 4 nitrogen and oxygen atoms in total. The SMILES string of the molecule is COCCNCc1cc(C)nc(-c2ccc(F)cc2C)n1. The van der Waals surface area contributed by atoms with Crippen molar-refractivity contribution in [2.24, 2.45) is 0 Å². The summed E-state index contributed by atoms with van der Waals surface area (Å²) in [6.07, 6.45) is 0. The van der Waals surface area contributed by atoms with Crippen LogP contribution in [0.4, 0.5) is 4.39 Å². The summed E-state index contributed by atoms with van der Waals surface area (Å²) >= 11 is 0. The number of nitrogens with zero attached hydrogens (tertiary/aromatic N) is 2. The molecule has 112 valence electrons. The van der Waals surface area contributed by atoms with E-state index in [0.717, 1.165) is 29.1 Å². The Bertz CT molecular complexity index is 616. The minimum atomic E-state index is -0.245. The highest BCUT2D eigenvalue weighted by atomic mass is 19.1. The Morgan fingerprint density at radius 3 is 2.71 bits per heavy atom. The molecule has 0 saturated carbocycles. The molecule has 2 aromatic rings. The number of hydrogen-bond acceptors (Lipinski definition) is 4. The van der Waals surface area contributed by atoms with E-state index in [-0.39, 0.29) is 5.82 Å². The van der Waals surface area contributed by atoms with Crippen LogP contribution in [0.3, 0.4) is 0 Å². The molecule has 0 radical (unpaired) electrons. The first kappa shape index (κ1) is 15.5. The minimum absolute atomic E-state index is 0.245. The highest BCUT2D eigenvalue weighted by Gasteiger charge is 2.08. The van der Waals surface area contributed by atoms with E-state index < -0.39 is 0 Å².